The summed E-state index contributed by atoms with van der Waals surface area (Å²) in [6.45, 7) is 0. The number of ether oxygens (including phenoxy) is 1. The highest BCUT2D eigenvalue weighted by molar-refractivity contribution is 5.97. The minimum absolute atomic E-state index is 0.256. The maximum Gasteiger partial charge on any atom is 0.338 e. The summed E-state index contributed by atoms with van der Waals surface area (Å²) in [5.74, 6) is -0.256. The molecule has 96 valence electrons. The van der Waals surface area contributed by atoms with Gasteiger partial charge in [0.2, 0.25) is 0 Å². The summed E-state index contributed by atoms with van der Waals surface area (Å²) in [6, 6.07) is 14.2. The van der Waals surface area contributed by atoms with Gasteiger partial charge in [-0.15, -0.1) is 0 Å². The Hall–Kier alpha value is -2.09. The number of esters is 1. The Balaban J connectivity index is 2.19. The van der Waals surface area contributed by atoms with Crippen LogP contribution < -0.4 is 0 Å². The molecule has 2 nitrogen and oxygen atoms in total. The van der Waals surface area contributed by atoms with Gasteiger partial charge in [0.15, 0.2) is 0 Å². The van der Waals surface area contributed by atoms with Crippen LogP contribution in [0.1, 0.15) is 27.9 Å². The van der Waals surface area contributed by atoms with Crippen molar-refractivity contribution in [2.75, 3.05) is 7.11 Å². The van der Waals surface area contributed by atoms with E-state index in [0.29, 0.717) is 5.56 Å². The molecule has 1 aliphatic rings. The van der Waals surface area contributed by atoms with Gasteiger partial charge in [0.25, 0.3) is 0 Å². The molecule has 2 aromatic rings. The second-order valence-electron chi connectivity index (χ2n) is 4.88. The Kier molecular flexibility index (Phi) is 3.08. The topological polar surface area (TPSA) is 26.3 Å². The van der Waals surface area contributed by atoms with E-state index in [9.17, 15) is 4.79 Å². The SMILES string of the molecule is COC(=O)c1cc2c(cc1-c1ccccc1)CCC2. The Morgan fingerprint density at radius 3 is 2.42 bits per heavy atom. The second kappa shape index (κ2) is 4.88. The fraction of sp³-hybridized carbons (Fsp3) is 0.235. The van der Waals surface area contributed by atoms with E-state index in [0.717, 1.165) is 24.0 Å². The highest BCUT2D eigenvalue weighted by Crippen LogP contribution is 2.32. The molecule has 0 radical (unpaired) electrons. The summed E-state index contributed by atoms with van der Waals surface area (Å²) in [7, 11) is 1.43. The first-order valence-corrected chi connectivity index (χ1v) is 6.59. The molecule has 2 heteroatoms. The number of rotatable bonds is 2. The van der Waals surface area contributed by atoms with Crippen LogP contribution in [0.3, 0.4) is 0 Å². The van der Waals surface area contributed by atoms with E-state index in [1.807, 2.05) is 36.4 Å². The average molecular weight is 252 g/mol. The van der Waals surface area contributed by atoms with Crippen LogP contribution in [0.5, 0.6) is 0 Å². The number of fused-ring (bicyclic) bond motifs is 1. The molecule has 0 saturated heterocycles. The summed E-state index contributed by atoms with van der Waals surface area (Å²) in [5.41, 5.74) is 5.38. The zero-order chi connectivity index (χ0) is 13.2. The average Bonchev–Trinajstić information content (AvgIpc) is 2.93. The van der Waals surface area contributed by atoms with E-state index in [-0.39, 0.29) is 5.97 Å². The first kappa shape index (κ1) is 12.0. The summed E-state index contributed by atoms with van der Waals surface area (Å²) >= 11 is 0. The lowest BCUT2D eigenvalue weighted by Crippen LogP contribution is -2.05. The molecule has 0 atom stereocenters. The summed E-state index contributed by atoms with van der Waals surface area (Å²) < 4.78 is 4.92. The largest absolute Gasteiger partial charge is 0.465 e. The Labute approximate surface area is 113 Å². The van der Waals surface area contributed by atoms with Crippen molar-refractivity contribution in [1.29, 1.82) is 0 Å². The number of hydrogen-bond donors (Lipinski definition) is 0. The van der Waals surface area contributed by atoms with E-state index in [1.54, 1.807) is 0 Å². The summed E-state index contributed by atoms with van der Waals surface area (Å²) in [6.07, 6.45) is 3.35. The van der Waals surface area contributed by atoms with E-state index in [1.165, 1.54) is 24.7 Å². The molecular formula is C17H16O2. The quantitative estimate of drug-likeness (QED) is 0.763. The molecule has 0 saturated carbocycles. The highest BCUT2D eigenvalue weighted by Gasteiger charge is 2.19. The predicted molar refractivity (Wildman–Crippen MR) is 75.2 cm³/mol. The molecule has 3 rings (SSSR count). The Bertz CT molecular complexity index is 615. The molecule has 0 spiro atoms. The van der Waals surface area contributed by atoms with E-state index < -0.39 is 0 Å². The number of benzene rings is 2. The first-order valence-electron chi connectivity index (χ1n) is 6.59. The number of carbonyl (C=O) groups excluding carboxylic acids is 1. The van der Waals surface area contributed by atoms with Gasteiger partial charge in [0, 0.05) is 0 Å². The van der Waals surface area contributed by atoms with Gasteiger partial charge in [-0.3, -0.25) is 0 Å². The number of methoxy groups -OCH3 is 1. The maximum absolute atomic E-state index is 12.0. The number of hydrogen-bond acceptors (Lipinski definition) is 2. The normalized spacial score (nSPS) is 13.1. The van der Waals surface area contributed by atoms with Gasteiger partial charge in [-0.25, -0.2) is 4.79 Å². The second-order valence-corrected chi connectivity index (χ2v) is 4.88. The molecule has 0 heterocycles. The van der Waals surface area contributed by atoms with Gasteiger partial charge in [0.05, 0.1) is 12.7 Å². The van der Waals surface area contributed by atoms with Gasteiger partial charge in [-0.05, 0) is 47.6 Å². The number of aryl methyl sites for hydroxylation is 2. The van der Waals surface area contributed by atoms with Crippen molar-refractivity contribution in [3.05, 3.63) is 59.2 Å². The predicted octanol–water partition coefficient (Wildman–Crippen LogP) is 3.63. The monoisotopic (exact) mass is 252 g/mol. The van der Waals surface area contributed by atoms with E-state index in [2.05, 4.69) is 6.07 Å². The van der Waals surface area contributed by atoms with Crippen molar-refractivity contribution in [2.45, 2.75) is 19.3 Å². The zero-order valence-electron chi connectivity index (χ0n) is 11.0. The highest BCUT2D eigenvalue weighted by atomic mass is 16.5. The molecule has 0 N–H and O–H groups in total. The van der Waals surface area contributed by atoms with Gasteiger partial charge >= 0.3 is 5.97 Å². The van der Waals surface area contributed by atoms with Gasteiger partial charge in [0.1, 0.15) is 0 Å². The third-order valence-electron chi connectivity index (χ3n) is 3.72. The van der Waals surface area contributed by atoms with Gasteiger partial charge < -0.3 is 4.74 Å². The fourth-order valence-corrected chi connectivity index (χ4v) is 2.76. The molecule has 0 fully saturated rings. The lowest BCUT2D eigenvalue weighted by atomic mass is 9.95. The van der Waals surface area contributed by atoms with Gasteiger partial charge in [-0.2, -0.15) is 0 Å². The minimum Gasteiger partial charge on any atom is -0.465 e. The fourth-order valence-electron chi connectivity index (χ4n) is 2.76. The third kappa shape index (κ3) is 2.14. The van der Waals surface area contributed by atoms with Gasteiger partial charge in [-0.1, -0.05) is 36.4 Å². The van der Waals surface area contributed by atoms with Crippen molar-refractivity contribution in [1.82, 2.24) is 0 Å². The smallest absolute Gasteiger partial charge is 0.338 e. The van der Waals surface area contributed by atoms with Crippen LogP contribution in [0.2, 0.25) is 0 Å². The molecular weight excluding hydrogens is 236 g/mol. The van der Waals surface area contributed by atoms with Crippen LogP contribution in [0, 0.1) is 0 Å². The lowest BCUT2D eigenvalue weighted by Gasteiger charge is -2.11. The maximum atomic E-state index is 12.0. The van der Waals surface area contributed by atoms with Crippen LogP contribution in [0.15, 0.2) is 42.5 Å². The molecule has 0 unspecified atom stereocenters. The van der Waals surface area contributed by atoms with Crippen molar-refractivity contribution in [2.24, 2.45) is 0 Å². The molecule has 0 bridgehead atoms. The summed E-state index contributed by atoms with van der Waals surface area (Å²) in [5, 5.41) is 0. The Morgan fingerprint density at radius 1 is 1.05 bits per heavy atom. The van der Waals surface area contributed by atoms with E-state index >= 15 is 0 Å². The van der Waals surface area contributed by atoms with Crippen molar-refractivity contribution in [3.63, 3.8) is 0 Å². The standard InChI is InChI=1S/C17H16O2/c1-19-17(18)16-11-14-9-5-8-13(14)10-15(16)12-6-3-2-4-7-12/h2-4,6-7,10-11H,5,8-9H2,1H3. The van der Waals surface area contributed by atoms with Crippen LogP contribution in [-0.4, -0.2) is 13.1 Å². The van der Waals surface area contributed by atoms with Crippen LogP contribution in [0.25, 0.3) is 11.1 Å². The lowest BCUT2D eigenvalue weighted by molar-refractivity contribution is 0.0601. The molecule has 1 aliphatic carbocycles. The van der Waals surface area contributed by atoms with Crippen LogP contribution in [0.4, 0.5) is 0 Å². The minimum atomic E-state index is -0.256. The Morgan fingerprint density at radius 2 is 1.74 bits per heavy atom. The molecule has 0 aliphatic heterocycles. The molecule has 0 amide bonds. The van der Waals surface area contributed by atoms with Crippen molar-refractivity contribution >= 4 is 5.97 Å². The molecule has 19 heavy (non-hydrogen) atoms. The van der Waals surface area contributed by atoms with Crippen molar-refractivity contribution in [3.8, 4) is 11.1 Å². The number of carbonyl (C=O) groups is 1. The summed E-state index contributed by atoms with van der Waals surface area (Å²) in [4.78, 5) is 12.0. The van der Waals surface area contributed by atoms with Crippen LogP contribution >= 0.6 is 0 Å². The third-order valence-corrected chi connectivity index (χ3v) is 3.72. The van der Waals surface area contributed by atoms with Crippen LogP contribution in [-0.2, 0) is 17.6 Å². The zero-order valence-corrected chi connectivity index (χ0v) is 11.0. The van der Waals surface area contributed by atoms with E-state index in [4.69, 9.17) is 4.74 Å². The van der Waals surface area contributed by atoms with Crippen molar-refractivity contribution < 1.29 is 9.53 Å². The molecule has 2 aromatic carbocycles. The first-order chi connectivity index (χ1) is 9.29. The molecule has 0 aromatic heterocycles.